The number of halogens is 1. The minimum Gasteiger partial charge on any atom is -0.339 e. The molecule has 30 heavy (non-hydrogen) atoms. The van der Waals surface area contributed by atoms with Gasteiger partial charge in [-0.1, -0.05) is 37.6 Å². The van der Waals surface area contributed by atoms with Crippen molar-refractivity contribution in [3.05, 3.63) is 59.1 Å². The van der Waals surface area contributed by atoms with E-state index in [0.29, 0.717) is 31.2 Å². The van der Waals surface area contributed by atoms with Crippen LogP contribution in [0.15, 0.2) is 53.4 Å². The van der Waals surface area contributed by atoms with Crippen LogP contribution in [0.2, 0.25) is 5.02 Å². The molecule has 2 aromatic carbocycles. The molecule has 1 heterocycles. The Morgan fingerprint density at radius 1 is 0.933 bits per heavy atom. The molecule has 1 fully saturated rings. The summed E-state index contributed by atoms with van der Waals surface area (Å²) in [5.41, 5.74) is 0.469. The third-order valence-corrected chi connectivity index (χ3v) is 6.53. The predicted molar refractivity (Wildman–Crippen MR) is 116 cm³/mol. The summed E-state index contributed by atoms with van der Waals surface area (Å²) >= 11 is 5.83. The summed E-state index contributed by atoms with van der Waals surface area (Å²) in [4.78, 5) is 28.7. The van der Waals surface area contributed by atoms with Crippen LogP contribution < -0.4 is 4.72 Å². The van der Waals surface area contributed by atoms with E-state index in [9.17, 15) is 18.0 Å². The lowest BCUT2D eigenvalue weighted by atomic mass is 10.1. The van der Waals surface area contributed by atoms with E-state index in [1.807, 2.05) is 13.8 Å². The Labute approximate surface area is 181 Å². The molecule has 0 radical (unpaired) electrons. The fourth-order valence-corrected chi connectivity index (χ4v) is 4.45. The van der Waals surface area contributed by atoms with Crippen LogP contribution in [-0.2, 0) is 14.8 Å². The molecule has 1 aliphatic heterocycles. The van der Waals surface area contributed by atoms with Crippen molar-refractivity contribution in [2.45, 2.75) is 18.7 Å². The highest BCUT2D eigenvalue weighted by Crippen LogP contribution is 2.23. The van der Waals surface area contributed by atoms with E-state index < -0.39 is 10.0 Å². The largest absolute Gasteiger partial charge is 0.339 e. The molecule has 0 atom stereocenters. The second kappa shape index (κ2) is 9.06. The van der Waals surface area contributed by atoms with Gasteiger partial charge in [0, 0.05) is 37.1 Å². The molecular formula is C21H24ClN3O4S. The van der Waals surface area contributed by atoms with E-state index in [2.05, 4.69) is 4.72 Å². The van der Waals surface area contributed by atoms with Gasteiger partial charge in [0.05, 0.1) is 16.1 Å². The Morgan fingerprint density at radius 3 is 2.10 bits per heavy atom. The van der Waals surface area contributed by atoms with Crippen LogP contribution in [-0.4, -0.2) is 56.2 Å². The minimum absolute atomic E-state index is 0.0509. The molecule has 0 aromatic heterocycles. The Balaban J connectivity index is 1.76. The number of carbonyl (C=O) groups is 2. The highest BCUT2D eigenvalue weighted by Gasteiger charge is 2.27. The molecule has 3 rings (SSSR count). The number of amides is 2. The normalized spacial score (nSPS) is 14.7. The summed E-state index contributed by atoms with van der Waals surface area (Å²) in [7, 11) is -3.88. The maximum atomic E-state index is 13.1. The fourth-order valence-electron chi connectivity index (χ4n) is 3.24. The Morgan fingerprint density at radius 2 is 1.50 bits per heavy atom. The highest BCUT2D eigenvalue weighted by atomic mass is 35.5. The van der Waals surface area contributed by atoms with Gasteiger partial charge in [-0.15, -0.1) is 0 Å². The highest BCUT2D eigenvalue weighted by molar-refractivity contribution is 7.92. The van der Waals surface area contributed by atoms with E-state index >= 15 is 0 Å². The van der Waals surface area contributed by atoms with Crippen LogP contribution in [0.3, 0.4) is 0 Å². The predicted octanol–water partition coefficient (Wildman–Crippen LogP) is 3.08. The van der Waals surface area contributed by atoms with Crippen LogP contribution in [0, 0.1) is 5.92 Å². The summed E-state index contributed by atoms with van der Waals surface area (Å²) in [5, 5.41) is 0.430. The number of para-hydroxylation sites is 1. The van der Waals surface area contributed by atoms with Crippen molar-refractivity contribution < 1.29 is 18.0 Å². The van der Waals surface area contributed by atoms with Crippen LogP contribution in [0.4, 0.5) is 5.69 Å². The number of nitrogens with zero attached hydrogens (tertiary/aromatic N) is 2. The molecule has 2 amide bonds. The van der Waals surface area contributed by atoms with Gasteiger partial charge in [0.1, 0.15) is 0 Å². The van der Waals surface area contributed by atoms with E-state index in [0.717, 1.165) is 0 Å². The summed E-state index contributed by atoms with van der Waals surface area (Å²) in [6.45, 7) is 5.42. The zero-order valence-corrected chi connectivity index (χ0v) is 18.4. The summed E-state index contributed by atoms with van der Waals surface area (Å²) in [6, 6.07) is 12.3. The van der Waals surface area contributed by atoms with Gasteiger partial charge in [-0.3, -0.25) is 14.3 Å². The molecule has 1 aliphatic rings. The van der Waals surface area contributed by atoms with Crippen LogP contribution in [0.25, 0.3) is 0 Å². The van der Waals surface area contributed by atoms with Gasteiger partial charge in [-0.2, -0.15) is 0 Å². The Bertz CT molecular complexity index is 1030. The van der Waals surface area contributed by atoms with Gasteiger partial charge in [-0.25, -0.2) is 8.42 Å². The topological polar surface area (TPSA) is 86.8 Å². The van der Waals surface area contributed by atoms with E-state index in [4.69, 9.17) is 11.6 Å². The number of rotatable bonds is 5. The third kappa shape index (κ3) is 4.94. The molecule has 0 saturated carbocycles. The quantitative estimate of drug-likeness (QED) is 0.759. The lowest BCUT2D eigenvalue weighted by Crippen LogP contribution is -2.51. The molecule has 1 N–H and O–H groups in total. The molecule has 0 spiro atoms. The molecule has 160 valence electrons. The van der Waals surface area contributed by atoms with Gasteiger partial charge >= 0.3 is 0 Å². The first-order valence-electron chi connectivity index (χ1n) is 9.64. The summed E-state index contributed by atoms with van der Waals surface area (Å²) < 4.78 is 27.9. The third-order valence-electron chi connectivity index (χ3n) is 4.90. The number of hydrogen-bond acceptors (Lipinski definition) is 4. The van der Waals surface area contributed by atoms with Crippen molar-refractivity contribution in [3.63, 3.8) is 0 Å². The van der Waals surface area contributed by atoms with Gasteiger partial charge in [0.15, 0.2) is 0 Å². The van der Waals surface area contributed by atoms with E-state index in [-0.39, 0.29) is 33.9 Å². The SMILES string of the molecule is CC(C)C(=O)N1CCN(C(=O)c2ccccc2NS(=O)(=O)c2ccc(Cl)cc2)CC1. The summed E-state index contributed by atoms with van der Waals surface area (Å²) in [6.07, 6.45) is 0. The van der Waals surface area contributed by atoms with Crippen LogP contribution in [0.5, 0.6) is 0 Å². The summed E-state index contributed by atoms with van der Waals surface area (Å²) in [5.74, 6) is -0.297. The molecule has 0 aliphatic carbocycles. The zero-order valence-electron chi connectivity index (χ0n) is 16.8. The Kier molecular flexibility index (Phi) is 6.67. The molecule has 2 aromatic rings. The lowest BCUT2D eigenvalue weighted by molar-refractivity contribution is -0.135. The molecule has 0 bridgehead atoms. The standard InChI is InChI=1S/C21H24ClN3O4S/c1-15(2)20(26)24-11-13-25(14-12-24)21(27)18-5-3-4-6-19(18)23-30(28,29)17-9-7-16(22)8-10-17/h3-10,15,23H,11-14H2,1-2H3. The zero-order chi connectivity index (χ0) is 21.9. The van der Waals surface area contributed by atoms with Crippen molar-refractivity contribution in [1.29, 1.82) is 0 Å². The average molecular weight is 450 g/mol. The van der Waals surface area contributed by atoms with Crippen molar-refractivity contribution in [1.82, 2.24) is 9.80 Å². The van der Waals surface area contributed by atoms with Gasteiger partial charge in [-0.05, 0) is 36.4 Å². The van der Waals surface area contributed by atoms with Crippen LogP contribution in [0.1, 0.15) is 24.2 Å². The van der Waals surface area contributed by atoms with Gasteiger partial charge in [0.2, 0.25) is 5.91 Å². The number of sulfonamides is 1. The lowest BCUT2D eigenvalue weighted by Gasteiger charge is -2.35. The van der Waals surface area contributed by atoms with Crippen LogP contribution >= 0.6 is 11.6 Å². The smallest absolute Gasteiger partial charge is 0.261 e. The average Bonchev–Trinajstić information content (AvgIpc) is 2.73. The number of anilines is 1. The van der Waals surface area contributed by atoms with Gasteiger partial charge in [0.25, 0.3) is 15.9 Å². The number of hydrogen-bond donors (Lipinski definition) is 1. The molecule has 9 heteroatoms. The van der Waals surface area contributed by atoms with Crippen molar-refractivity contribution in [2.24, 2.45) is 5.92 Å². The monoisotopic (exact) mass is 449 g/mol. The maximum Gasteiger partial charge on any atom is 0.261 e. The first-order chi connectivity index (χ1) is 14.2. The van der Waals surface area contributed by atoms with Crippen molar-refractivity contribution in [3.8, 4) is 0 Å². The molecule has 7 nitrogen and oxygen atoms in total. The van der Waals surface area contributed by atoms with Gasteiger partial charge < -0.3 is 9.80 Å². The minimum atomic E-state index is -3.88. The van der Waals surface area contributed by atoms with Crippen molar-refractivity contribution >= 4 is 39.1 Å². The first kappa shape index (κ1) is 22.1. The second-order valence-electron chi connectivity index (χ2n) is 7.38. The Hall–Kier alpha value is -2.58. The first-order valence-corrected chi connectivity index (χ1v) is 11.5. The van der Waals surface area contributed by atoms with E-state index in [1.54, 1.807) is 34.1 Å². The number of benzene rings is 2. The number of nitrogens with one attached hydrogen (secondary N) is 1. The second-order valence-corrected chi connectivity index (χ2v) is 9.50. The molecule has 1 saturated heterocycles. The fraction of sp³-hybridized carbons (Fsp3) is 0.333. The molecule has 0 unspecified atom stereocenters. The van der Waals surface area contributed by atoms with E-state index in [1.165, 1.54) is 24.3 Å². The number of carbonyl (C=O) groups excluding carboxylic acids is 2. The number of piperazine rings is 1. The van der Waals surface area contributed by atoms with Crippen molar-refractivity contribution in [2.75, 3.05) is 30.9 Å². The maximum absolute atomic E-state index is 13.1. The molecular weight excluding hydrogens is 426 g/mol.